The van der Waals surface area contributed by atoms with E-state index in [9.17, 15) is 9.59 Å². The quantitative estimate of drug-likeness (QED) is 0.917. The Bertz CT molecular complexity index is 699. The highest BCUT2D eigenvalue weighted by atomic mass is 32.1. The molecule has 0 spiro atoms. The van der Waals surface area contributed by atoms with Gasteiger partial charge in [0.1, 0.15) is 4.83 Å². The zero-order valence-corrected chi connectivity index (χ0v) is 13.0. The number of aromatic nitrogens is 2. The summed E-state index contributed by atoms with van der Waals surface area (Å²) in [4.78, 5) is 27.0. The highest BCUT2D eigenvalue weighted by Gasteiger charge is 2.37. The summed E-state index contributed by atoms with van der Waals surface area (Å²) < 4.78 is 1.78. The highest BCUT2D eigenvalue weighted by molar-refractivity contribution is 7.20. The fourth-order valence-electron chi connectivity index (χ4n) is 2.92. The second kappa shape index (κ2) is 4.84. The maximum Gasteiger partial charge on any atom is 0.308 e. The molecule has 2 atom stereocenters. The van der Waals surface area contributed by atoms with Gasteiger partial charge in [-0.05, 0) is 18.9 Å². The zero-order valence-electron chi connectivity index (χ0n) is 12.2. The van der Waals surface area contributed by atoms with Gasteiger partial charge in [-0.25, -0.2) is 0 Å². The van der Waals surface area contributed by atoms with Crippen LogP contribution in [0.4, 0.5) is 0 Å². The van der Waals surface area contributed by atoms with E-state index in [1.54, 1.807) is 9.58 Å². The maximum atomic E-state index is 12.6. The topological polar surface area (TPSA) is 75.4 Å². The molecule has 1 aliphatic heterocycles. The molecular formula is C14H17N3O3S. The summed E-state index contributed by atoms with van der Waals surface area (Å²) in [6, 6.07) is 1.86. The number of carboxylic acids is 1. The lowest BCUT2D eigenvalue weighted by Gasteiger charge is -2.14. The molecule has 1 N–H and O–H groups in total. The number of likely N-dealkylation sites (tertiary alicyclic amines) is 1. The minimum atomic E-state index is -0.825. The molecule has 3 heterocycles. The fraction of sp³-hybridized carbons (Fsp3) is 0.500. The van der Waals surface area contributed by atoms with Crippen molar-refractivity contribution in [3.05, 3.63) is 16.6 Å². The Labute approximate surface area is 126 Å². The van der Waals surface area contributed by atoms with Crippen molar-refractivity contribution >= 4 is 33.4 Å². The number of hydrogen-bond donors (Lipinski definition) is 1. The third-order valence-corrected chi connectivity index (χ3v) is 5.31. The smallest absolute Gasteiger partial charge is 0.308 e. The van der Waals surface area contributed by atoms with Crippen molar-refractivity contribution in [2.45, 2.75) is 13.8 Å². The Morgan fingerprint density at radius 2 is 2.14 bits per heavy atom. The van der Waals surface area contributed by atoms with Gasteiger partial charge in [-0.15, -0.1) is 11.3 Å². The number of rotatable bonds is 2. The molecule has 0 aliphatic carbocycles. The Morgan fingerprint density at radius 1 is 1.43 bits per heavy atom. The number of hydrogen-bond acceptors (Lipinski definition) is 4. The SMILES string of the molecule is Cc1nn(C)c2sc(C(=O)N3CC(C)C(C(=O)O)C3)cc12. The summed E-state index contributed by atoms with van der Waals surface area (Å²) in [5.74, 6) is -1.38. The molecule has 1 amide bonds. The van der Waals surface area contributed by atoms with Crippen LogP contribution >= 0.6 is 11.3 Å². The number of aryl methyl sites for hydroxylation is 2. The van der Waals surface area contributed by atoms with E-state index in [0.717, 1.165) is 15.9 Å². The summed E-state index contributed by atoms with van der Waals surface area (Å²) >= 11 is 1.41. The molecule has 6 nitrogen and oxygen atoms in total. The van der Waals surface area contributed by atoms with Gasteiger partial charge in [0, 0.05) is 25.5 Å². The molecule has 1 aliphatic rings. The van der Waals surface area contributed by atoms with Gasteiger partial charge in [0.15, 0.2) is 0 Å². The second-order valence-electron chi connectivity index (χ2n) is 5.67. The molecule has 112 valence electrons. The lowest BCUT2D eigenvalue weighted by atomic mass is 9.99. The average Bonchev–Trinajstić information content (AvgIpc) is 3.06. The van der Waals surface area contributed by atoms with Crippen LogP contribution in [0.15, 0.2) is 6.07 Å². The molecule has 0 radical (unpaired) electrons. The highest BCUT2D eigenvalue weighted by Crippen LogP contribution is 2.31. The minimum Gasteiger partial charge on any atom is -0.481 e. The number of nitrogens with zero attached hydrogens (tertiary/aromatic N) is 3. The lowest BCUT2D eigenvalue weighted by Crippen LogP contribution is -2.29. The van der Waals surface area contributed by atoms with E-state index in [1.807, 2.05) is 27.0 Å². The molecule has 3 rings (SSSR count). The van der Waals surface area contributed by atoms with Crippen molar-refractivity contribution in [3.8, 4) is 0 Å². The number of carboxylic acid groups (broad SMARTS) is 1. The van der Waals surface area contributed by atoms with E-state index >= 15 is 0 Å². The monoisotopic (exact) mass is 307 g/mol. The largest absolute Gasteiger partial charge is 0.481 e. The first-order chi connectivity index (χ1) is 9.88. The molecule has 1 saturated heterocycles. The van der Waals surface area contributed by atoms with Crippen molar-refractivity contribution in [2.24, 2.45) is 18.9 Å². The number of amides is 1. The van der Waals surface area contributed by atoms with Crippen LogP contribution in [0.1, 0.15) is 22.3 Å². The van der Waals surface area contributed by atoms with Gasteiger partial charge >= 0.3 is 5.97 Å². The third kappa shape index (κ3) is 2.21. The molecule has 0 saturated carbocycles. The predicted molar refractivity (Wildman–Crippen MR) is 79.5 cm³/mol. The summed E-state index contributed by atoms with van der Waals surface area (Å²) in [6.07, 6.45) is 0. The third-order valence-electron chi connectivity index (χ3n) is 4.12. The van der Waals surface area contributed by atoms with E-state index in [-0.39, 0.29) is 11.8 Å². The first-order valence-electron chi connectivity index (χ1n) is 6.83. The van der Waals surface area contributed by atoms with Crippen LogP contribution in [-0.2, 0) is 11.8 Å². The molecule has 0 aromatic carbocycles. The molecule has 1 fully saturated rings. The first kappa shape index (κ1) is 14.1. The Morgan fingerprint density at radius 3 is 2.71 bits per heavy atom. The van der Waals surface area contributed by atoms with Crippen LogP contribution < -0.4 is 0 Å². The van der Waals surface area contributed by atoms with E-state index in [1.165, 1.54) is 11.3 Å². The predicted octanol–water partition coefficient (Wildman–Crippen LogP) is 1.74. The van der Waals surface area contributed by atoms with Gasteiger partial charge in [0.05, 0.1) is 16.5 Å². The Hall–Kier alpha value is -1.89. The number of fused-ring (bicyclic) bond motifs is 1. The standard InChI is InChI=1S/C14H17N3O3S/c1-7-5-17(6-10(7)14(19)20)12(18)11-4-9-8(2)15-16(3)13(9)21-11/h4,7,10H,5-6H2,1-3H3,(H,19,20). The molecular weight excluding hydrogens is 290 g/mol. The molecule has 7 heteroatoms. The Balaban J connectivity index is 1.88. The summed E-state index contributed by atoms with van der Waals surface area (Å²) in [7, 11) is 1.86. The van der Waals surface area contributed by atoms with Crippen LogP contribution in [0, 0.1) is 18.8 Å². The average molecular weight is 307 g/mol. The van der Waals surface area contributed by atoms with E-state index < -0.39 is 11.9 Å². The zero-order chi connectivity index (χ0) is 15.3. The summed E-state index contributed by atoms with van der Waals surface area (Å²) in [5, 5.41) is 14.5. The van der Waals surface area contributed by atoms with Gasteiger partial charge < -0.3 is 10.0 Å². The lowest BCUT2D eigenvalue weighted by molar-refractivity contribution is -0.142. The molecule has 0 bridgehead atoms. The fourth-order valence-corrected chi connectivity index (χ4v) is 4.01. The normalized spacial score (nSPS) is 22.1. The van der Waals surface area contributed by atoms with E-state index in [0.29, 0.717) is 18.0 Å². The van der Waals surface area contributed by atoms with Crippen molar-refractivity contribution < 1.29 is 14.7 Å². The number of thiophene rings is 1. The number of carbonyl (C=O) groups excluding carboxylic acids is 1. The van der Waals surface area contributed by atoms with Crippen LogP contribution in [0.5, 0.6) is 0 Å². The van der Waals surface area contributed by atoms with Gasteiger partial charge in [0.2, 0.25) is 0 Å². The molecule has 2 unspecified atom stereocenters. The van der Waals surface area contributed by atoms with Gasteiger partial charge in [-0.2, -0.15) is 5.10 Å². The van der Waals surface area contributed by atoms with Crippen molar-refractivity contribution in [1.82, 2.24) is 14.7 Å². The second-order valence-corrected chi connectivity index (χ2v) is 6.70. The van der Waals surface area contributed by atoms with Crippen LogP contribution in [-0.4, -0.2) is 44.8 Å². The minimum absolute atomic E-state index is 0.00997. The maximum absolute atomic E-state index is 12.6. The van der Waals surface area contributed by atoms with E-state index in [4.69, 9.17) is 5.11 Å². The van der Waals surface area contributed by atoms with Gasteiger partial charge in [-0.3, -0.25) is 14.3 Å². The number of carbonyl (C=O) groups is 2. The molecule has 2 aromatic heterocycles. The Kier molecular flexibility index (Phi) is 3.24. The van der Waals surface area contributed by atoms with E-state index in [2.05, 4.69) is 5.10 Å². The van der Waals surface area contributed by atoms with Crippen LogP contribution in [0.25, 0.3) is 10.2 Å². The van der Waals surface area contributed by atoms with Crippen molar-refractivity contribution in [2.75, 3.05) is 13.1 Å². The molecule has 2 aromatic rings. The van der Waals surface area contributed by atoms with Gasteiger partial charge in [0.25, 0.3) is 5.91 Å². The number of aliphatic carboxylic acids is 1. The van der Waals surface area contributed by atoms with Crippen LogP contribution in [0.2, 0.25) is 0 Å². The summed E-state index contributed by atoms with van der Waals surface area (Å²) in [6.45, 7) is 4.59. The van der Waals surface area contributed by atoms with Crippen LogP contribution in [0.3, 0.4) is 0 Å². The molecule has 21 heavy (non-hydrogen) atoms. The van der Waals surface area contributed by atoms with Crippen molar-refractivity contribution in [1.29, 1.82) is 0 Å². The summed E-state index contributed by atoms with van der Waals surface area (Å²) in [5.41, 5.74) is 0.904. The van der Waals surface area contributed by atoms with Crippen molar-refractivity contribution in [3.63, 3.8) is 0 Å². The first-order valence-corrected chi connectivity index (χ1v) is 7.65. The van der Waals surface area contributed by atoms with Gasteiger partial charge in [-0.1, -0.05) is 6.92 Å².